The Kier molecular flexibility index (Phi) is 5.03. The van der Waals surface area contributed by atoms with E-state index in [-0.39, 0.29) is 10.0 Å². The van der Waals surface area contributed by atoms with Gasteiger partial charge in [-0.25, -0.2) is 17.7 Å². The van der Waals surface area contributed by atoms with Gasteiger partial charge >= 0.3 is 0 Å². The van der Waals surface area contributed by atoms with Crippen LogP contribution in [0.15, 0.2) is 41.4 Å². The van der Waals surface area contributed by atoms with Crippen LogP contribution in [-0.4, -0.2) is 37.7 Å². The van der Waals surface area contributed by atoms with E-state index in [4.69, 9.17) is 11.6 Å². The highest BCUT2D eigenvalue weighted by Gasteiger charge is 2.19. The van der Waals surface area contributed by atoms with Crippen molar-refractivity contribution < 1.29 is 13.2 Å². The molecule has 8 heteroatoms. The summed E-state index contributed by atoms with van der Waals surface area (Å²) in [6, 6.07) is 7.64. The Bertz CT molecular complexity index is 834. The van der Waals surface area contributed by atoms with Crippen LogP contribution in [0, 0.1) is 6.92 Å². The molecular formula is C15H16ClN3O3S. The number of aromatic nitrogens is 1. The van der Waals surface area contributed by atoms with Crippen molar-refractivity contribution in [2.75, 3.05) is 19.4 Å². The number of halogens is 1. The lowest BCUT2D eigenvalue weighted by Gasteiger charge is -2.14. The zero-order valence-electron chi connectivity index (χ0n) is 12.9. The third-order valence-electron chi connectivity index (χ3n) is 3.23. The van der Waals surface area contributed by atoms with Crippen molar-refractivity contribution in [2.24, 2.45) is 0 Å². The summed E-state index contributed by atoms with van der Waals surface area (Å²) in [6.07, 6.45) is 1.35. The molecule has 1 heterocycles. The van der Waals surface area contributed by atoms with Crippen LogP contribution in [-0.2, 0) is 10.0 Å². The van der Waals surface area contributed by atoms with Gasteiger partial charge in [0.2, 0.25) is 10.0 Å². The van der Waals surface area contributed by atoms with Crippen LogP contribution < -0.4 is 5.32 Å². The Balaban J connectivity index is 2.33. The van der Waals surface area contributed by atoms with Crippen molar-refractivity contribution in [2.45, 2.75) is 11.8 Å². The molecule has 2 rings (SSSR count). The van der Waals surface area contributed by atoms with Crippen LogP contribution in [0.3, 0.4) is 0 Å². The molecule has 0 aliphatic heterocycles. The zero-order valence-corrected chi connectivity index (χ0v) is 14.4. The number of anilines is 1. The van der Waals surface area contributed by atoms with Gasteiger partial charge in [0.1, 0.15) is 5.15 Å². The maximum atomic E-state index is 12.2. The molecule has 0 bridgehead atoms. The summed E-state index contributed by atoms with van der Waals surface area (Å²) >= 11 is 5.69. The molecule has 0 spiro atoms. The first-order valence-corrected chi connectivity index (χ1v) is 8.49. The van der Waals surface area contributed by atoms with E-state index in [0.717, 1.165) is 9.87 Å². The number of rotatable bonds is 4. The summed E-state index contributed by atoms with van der Waals surface area (Å²) in [4.78, 5) is 16.2. The molecule has 0 saturated heterocycles. The summed E-state index contributed by atoms with van der Waals surface area (Å²) in [5, 5.41) is 2.98. The van der Waals surface area contributed by atoms with E-state index in [2.05, 4.69) is 10.3 Å². The lowest BCUT2D eigenvalue weighted by atomic mass is 10.2. The van der Waals surface area contributed by atoms with Gasteiger partial charge in [-0.05, 0) is 36.8 Å². The Hall–Kier alpha value is -1.96. The van der Waals surface area contributed by atoms with Gasteiger partial charge in [0.05, 0.1) is 10.5 Å². The molecule has 0 unspecified atom stereocenters. The van der Waals surface area contributed by atoms with Gasteiger partial charge < -0.3 is 5.32 Å². The van der Waals surface area contributed by atoms with Gasteiger partial charge in [0.25, 0.3) is 5.91 Å². The Morgan fingerprint density at radius 1 is 1.22 bits per heavy atom. The lowest BCUT2D eigenvalue weighted by molar-refractivity contribution is 0.102. The fourth-order valence-corrected chi connectivity index (χ4v) is 2.85. The second-order valence-electron chi connectivity index (χ2n) is 5.09. The number of pyridine rings is 1. The Labute approximate surface area is 140 Å². The minimum absolute atomic E-state index is 0.109. The van der Waals surface area contributed by atoms with Crippen LogP contribution in [0.5, 0.6) is 0 Å². The van der Waals surface area contributed by atoms with Crippen LogP contribution in [0.25, 0.3) is 0 Å². The van der Waals surface area contributed by atoms with Gasteiger partial charge in [0.15, 0.2) is 0 Å². The van der Waals surface area contributed by atoms with E-state index in [9.17, 15) is 13.2 Å². The maximum Gasteiger partial charge on any atom is 0.257 e. The predicted molar refractivity (Wildman–Crippen MR) is 89.3 cm³/mol. The fourth-order valence-electron chi connectivity index (χ4n) is 1.81. The summed E-state index contributed by atoms with van der Waals surface area (Å²) in [6.45, 7) is 1.78. The fraction of sp³-hybridized carbons (Fsp3) is 0.200. The van der Waals surface area contributed by atoms with Gasteiger partial charge in [-0.3, -0.25) is 4.79 Å². The number of carbonyl (C=O) groups is 1. The zero-order chi connectivity index (χ0) is 17.2. The van der Waals surface area contributed by atoms with Crippen molar-refractivity contribution in [1.29, 1.82) is 0 Å². The molecule has 0 aliphatic carbocycles. The van der Waals surface area contributed by atoms with E-state index in [1.165, 1.54) is 38.5 Å². The van der Waals surface area contributed by atoms with Gasteiger partial charge in [-0.15, -0.1) is 0 Å². The molecule has 0 radical (unpaired) electrons. The largest absolute Gasteiger partial charge is 0.322 e. The molecule has 122 valence electrons. The Morgan fingerprint density at radius 3 is 2.48 bits per heavy atom. The monoisotopic (exact) mass is 353 g/mol. The number of carbonyl (C=O) groups excluding carboxylic acids is 1. The van der Waals surface area contributed by atoms with Crippen LogP contribution in [0.4, 0.5) is 5.69 Å². The van der Waals surface area contributed by atoms with Crippen molar-refractivity contribution in [3.8, 4) is 0 Å². The minimum atomic E-state index is -3.57. The lowest BCUT2D eigenvalue weighted by Crippen LogP contribution is -2.22. The number of hydrogen-bond acceptors (Lipinski definition) is 4. The standard InChI is InChI=1S/C15H16ClN3O3S/c1-10-4-6-12(23(21,22)19(2)3)8-13(10)18-15(20)11-5-7-14(16)17-9-11/h4-9H,1-3H3,(H,18,20). The molecule has 1 amide bonds. The second-order valence-corrected chi connectivity index (χ2v) is 7.63. The van der Waals surface area contributed by atoms with Crippen molar-refractivity contribution >= 4 is 33.2 Å². The van der Waals surface area contributed by atoms with E-state index < -0.39 is 15.9 Å². The number of hydrogen-bond donors (Lipinski definition) is 1. The first-order valence-electron chi connectivity index (χ1n) is 6.68. The third kappa shape index (κ3) is 3.87. The molecule has 0 saturated carbocycles. The van der Waals surface area contributed by atoms with Gasteiger partial charge in [-0.2, -0.15) is 0 Å². The predicted octanol–water partition coefficient (Wildman–Crippen LogP) is 2.55. The summed E-state index contributed by atoms with van der Waals surface area (Å²) in [7, 11) is -0.668. The summed E-state index contributed by atoms with van der Waals surface area (Å²) in [5.41, 5.74) is 1.50. The molecular weight excluding hydrogens is 338 g/mol. The molecule has 0 aliphatic rings. The van der Waals surface area contributed by atoms with E-state index >= 15 is 0 Å². The number of benzene rings is 1. The quantitative estimate of drug-likeness (QED) is 0.857. The molecule has 1 N–H and O–H groups in total. The number of sulfonamides is 1. The molecule has 2 aromatic rings. The molecule has 23 heavy (non-hydrogen) atoms. The number of aryl methyl sites for hydroxylation is 1. The van der Waals surface area contributed by atoms with Gasteiger partial charge in [0, 0.05) is 26.0 Å². The van der Waals surface area contributed by atoms with Crippen molar-refractivity contribution in [3.63, 3.8) is 0 Å². The molecule has 6 nitrogen and oxygen atoms in total. The van der Waals surface area contributed by atoms with Crippen LogP contribution in [0.1, 0.15) is 15.9 Å². The highest BCUT2D eigenvalue weighted by atomic mass is 35.5. The SMILES string of the molecule is Cc1ccc(S(=O)(=O)N(C)C)cc1NC(=O)c1ccc(Cl)nc1. The second kappa shape index (κ2) is 6.66. The van der Waals surface area contributed by atoms with E-state index in [1.54, 1.807) is 19.1 Å². The summed E-state index contributed by atoms with van der Waals surface area (Å²) in [5.74, 6) is -0.392. The molecule has 1 aromatic heterocycles. The van der Waals surface area contributed by atoms with Gasteiger partial charge in [-0.1, -0.05) is 17.7 Å². The van der Waals surface area contributed by atoms with Crippen LogP contribution >= 0.6 is 11.6 Å². The van der Waals surface area contributed by atoms with E-state index in [0.29, 0.717) is 11.3 Å². The molecule has 0 atom stereocenters. The molecule has 0 fully saturated rings. The first kappa shape index (κ1) is 17.4. The average molecular weight is 354 g/mol. The Morgan fingerprint density at radius 2 is 1.91 bits per heavy atom. The topological polar surface area (TPSA) is 79.4 Å². The van der Waals surface area contributed by atoms with Crippen molar-refractivity contribution in [1.82, 2.24) is 9.29 Å². The van der Waals surface area contributed by atoms with E-state index in [1.807, 2.05) is 0 Å². The minimum Gasteiger partial charge on any atom is -0.322 e. The third-order valence-corrected chi connectivity index (χ3v) is 5.26. The maximum absolute atomic E-state index is 12.2. The summed E-state index contributed by atoms with van der Waals surface area (Å²) < 4.78 is 25.5. The highest BCUT2D eigenvalue weighted by Crippen LogP contribution is 2.22. The van der Waals surface area contributed by atoms with Crippen molar-refractivity contribution in [3.05, 3.63) is 52.8 Å². The normalized spacial score (nSPS) is 11.5. The average Bonchev–Trinajstić information content (AvgIpc) is 2.49. The van der Waals surface area contributed by atoms with Crippen LogP contribution in [0.2, 0.25) is 5.15 Å². The first-order chi connectivity index (χ1) is 10.7. The molecule has 1 aromatic carbocycles. The number of amides is 1. The number of nitrogens with one attached hydrogen (secondary N) is 1. The highest BCUT2D eigenvalue weighted by molar-refractivity contribution is 7.89. The smallest absolute Gasteiger partial charge is 0.257 e. The number of nitrogens with zero attached hydrogens (tertiary/aromatic N) is 2.